The van der Waals surface area contributed by atoms with E-state index in [2.05, 4.69) is 10.1 Å². The third-order valence-electron chi connectivity index (χ3n) is 4.73. The minimum Gasteiger partial charge on any atom is -0.383 e. The Morgan fingerprint density at radius 1 is 1.32 bits per heavy atom. The Balaban J connectivity index is 1.71. The maximum Gasteiger partial charge on any atom is 0.257 e. The van der Waals surface area contributed by atoms with Crippen molar-refractivity contribution < 1.29 is 9.53 Å². The number of hydrogen-bond acceptors (Lipinski definition) is 4. The topological polar surface area (TPSA) is 60.2 Å². The molecule has 1 amide bonds. The van der Waals surface area contributed by atoms with E-state index < -0.39 is 0 Å². The second-order valence-electron chi connectivity index (χ2n) is 6.54. The molecule has 0 aliphatic heterocycles. The van der Waals surface area contributed by atoms with Gasteiger partial charge in [-0.05, 0) is 25.0 Å². The number of carbonyl (C=O) groups is 1. The molecular formula is C19H26N4O2. The third-order valence-corrected chi connectivity index (χ3v) is 4.73. The van der Waals surface area contributed by atoms with Crippen molar-refractivity contribution in [3.05, 3.63) is 48.0 Å². The molecule has 0 saturated heterocycles. The highest BCUT2D eigenvalue weighted by Gasteiger charge is 2.21. The zero-order chi connectivity index (χ0) is 17.5. The highest BCUT2D eigenvalue weighted by Crippen LogP contribution is 2.27. The molecule has 0 radical (unpaired) electrons. The van der Waals surface area contributed by atoms with Gasteiger partial charge in [-0.2, -0.15) is 5.10 Å². The molecule has 1 saturated carbocycles. The summed E-state index contributed by atoms with van der Waals surface area (Å²) < 4.78 is 7.14. The molecule has 6 heteroatoms. The Morgan fingerprint density at radius 2 is 2.16 bits per heavy atom. The molecule has 0 aromatic carbocycles. The fraction of sp³-hybridized carbons (Fsp3) is 0.526. The van der Waals surface area contributed by atoms with Crippen LogP contribution in [-0.2, 0) is 11.3 Å². The van der Waals surface area contributed by atoms with Gasteiger partial charge >= 0.3 is 0 Å². The summed E-state index contributed by atoms with van der Waals surface area (Å²) in [5.74, 6) is -0.0234. The number of ether oxygens (including phenoxy) is 1. The van der Waals surface area contributed by atoms with E-state index >= 15 is 0 Å². The van der Waals surface area contributed by atoms with Crippen LogP contribution < -0.4 is 0 Å². The molecule has 6 nitrogen and oxygen atoms in total. The summed E-state index contributed by atoms with van der Waals surface area (Å²) >= 11 is 0. The van der Waals surface area contributed by atoms with Crippen LogP contribution in [-0.4, -0.2) is 45.8 Å². The van der Waals surface area contributed by atoms with Crippen molar-refractivity contribution in [1.29, 1.82) is 0 Å². The first-order chi connectivity index (χ1) is 12.3. The molecule has 0 atom stereocenters. The number of carbonyl (C=O) groups excluding carboxylic acids is 1. The van der Waals surface area contributed by atoms with E-state index in [4.69, 9.17) is 4.74 Å². The predicted molar refractivity (Wildman–Crippen MR) is 95.2 cm³/mol. The standard InChI is InChI=1S/C19H26N4O2/c1-25-12-11-22(15-17-7-5-6-10-20-17)19(24)16-13-21-23(14-16)18-8-3-2-4-9-18/h5-7,10,13-14,18H,2-4,8-9,11-12,15H2,1H3. The van der Waals surface area contributed by atoms with Crippen LogP contribution in [0, 0.1) is 0 Å². The van der Waals surface area contributed by atoms with E-state index in [1.54, 1.807) is 24.4 Å². The highest BCUT2D eigenvalue weighted by atomic mass is 16.5. The van der Waals surface area contributed by atoms with Crippen LogP contribution in [0.2, 0.25) is 0 Å². The average molecular weight is 342 g/mol. The van der Waals surface area contributed by atoms with Gasteiger partial charge in [-0.1, -0.05) is 25.3 Å². The van der Waals surface area contributed by atoms with Crippen LogP contribution >= 0.6 is 0 Å². The molecule has 2 aromatic heterocycles. The summed E-state index contributed by atoms with van der Waals surface area (Å²) in [4.78, 5) is 19.0. The van der Waals surface area contributed by atoms with Crippen molar-refractivity contribution in [2.45, 2.75) is 44.7 Å². The van der Waals surface area contributed by atoms with Gasteiger partial charge in [0.15, 0.2) is 0 Å². The van der Waals surface area contributed by atoms with Crippen molar-refractivity contribution in [2.75, 3.05) is 20.3 Å². The summed E-state index contributed by atoms with van der Waals surface area (Å²) in [5.41, 5.74) is 1.50. The van der Waals surface area contributed by atoms with Crippen LogP contribution in [0.3, 0.4) is 0 Å². The lowest BCUT2D eigenvalue weighted by Gasteiger charge is -2.22. The largest absolute Gasteiger partial charge is 0.383 e. The molecule has 134 valence electrons. The predicted octanol–water partition coefficient (Wildman–Crippen LogP) is 3.07. The number of amides is 1. The second kappa shape index (κ2) is 8.76. The van der Waals surface area contributed by atoms with Crippen molar-refractivity contribution in [3.63, 3.8) is 0 Å². The zero-order valence-electron chi connectivity index (χ0n) is 14.8. The van der Waals surface area contributed by atoms with Crippen molar-refractivity contribution >= 4 is 5.91 Å². The first-order valence-corrected chi connectivity index (χ1v) is 9.00. The lowest BCUT2D eigenvalue weighted by atomic mass is 9.96. The Kier molecular flexibility index (Phi) is 6.17. The first kappa shape index (κ1) is 17.6. The Hall–Kier alpha value is -2.21. The molecular weight excluding hydrogens is 316 g/mol. The van der Waals surface area contributed by atoms with Crippen LogP contribution in [0.1, 0.15) is 54.2 Å². The summed E-state index contributed by atoms with van der Waals surface area (Å²) in [6.45, 7) is 1.49. The van der Waals surface area contributed by atoms with Gasteiger partial charge in [0.25, 0.3) is 5.91 Å². The Bertz CT molecular complexity index is 665. The summed E-state index contributed by atoms with van der Waals surface area (Å²) in [5, 5.41) is 4.45. The van der Waals surface area contributed by atoms with E-state index in [-0.39, 0.29) is 5.91 Å². The van der Waals surface area contributed by atoms with E-state index in [9.17, 15) is 4.79 Å². The van der Waals surface area contributed by atoms with Gasteiger partial charge in [0.05, 0.1) is 36.6 Å². The lowest BCUT2D eigenvalue weighted by molar-refractivity contribution is 0.0677. The van der Waals surface area contributed by atoms with Gasteiger partial charge in [-0.15, -0.1) is 0 Å². The van der Waals surface area contributed by atoms with Crippen LogP contribution in [0.25, 0.3) is 0 Å². The number of pyridine rings is 1. The number of aromatic nitrogens is 3. The molecule has 0 N–H and O–H groups in total. The summed E-state index contributed by atoms with van der Waals surface area (Å²) in [6, 6.07) is 6.17. The molecule has 25 heavy (non-hydrogen) atoms. The van der Waals surface area contributed by atoms with E-state index in [0.717, 1.165) is 18.5 Å². The molecule has 0 spiro atoms. The molecule has 1 fully saturated rings. The van der Waals surface area contributed by atoms with Crippen LogP contribution in [0.5, 0.6) is 0 Å². The molecule has 0 unspecified atom stereocenters. The number of rotatable bonds is 7. The zero-order valence-corrected chi connectivity index (χ0v) is 14.8. The number of hydrogen-bond donors (Lipinski definition) is 0. The highest BCUT2D eigenvalue weighted by molar-refractivity contribution is 5.93. The smallest absolute Gasteiger partial charge is 0.257 e. The monoisotopic (exact) mass is 342 g/mol. The minimum atomic E-state index is -0.0234. The van der Waals surface area contributed by atoms with Gasteiger partial charge in [0, 0.05) is 26.0 Å². The van der Waals surface area contributed by atoms with Gasteiger partial charge in [-0.25, -0.2) is 0 Å². The van der Waals surface area contributed by atoms with E-state index in [0.29, 0.717) is 31.3 Å². The normalized spacial score (nSPS) is 15.2. The van der Waals surface area contributed by atoms with Crippen LogP contribution in [0.4, 0.5) is 0 Å². The van der Waals surface area contributed by atoms with E-state index in [1.807, 2.05) is 29.1 Å². The van der Waals surface area contributed by atoms with Gasteiger partial charge in [0.1, 0.15) is 0 Å². The molecule has 3 rings (SSSR count). The molecule has 1 aliphatic rings. The molecule has 0 bridgehead atoms. The van der Waals surface area contributed by atoms with Gasteiger partial charge in [-0.3, -0.25) is 14.5 Å². The Labute approximate surface area is 148 Å². The average Bonchev–Trinajstić information content (AvgIpc) is 3.16. The maximum absolute atomic E-state index is 12.9. The first-order valence-electron chi connectivity index (χ1n) is 9.00. The number of methoxy groups -OCH3 is 1. The SMILES string of the molecule is COCCN(Cc1ccccn1)C(=O)c1cnn(C2CCCCC2)c1. The van der Waals surface area contributed by atoms with Gasteiger partial charge < -0.3 is 9.64 Å². The molecule has 2 aromatic rings. The quantitative estimate of drug-likeness (QED) is 0.776. The summed E-state index contributed by atoms with van der Waals surface area (Å²) in [6.07, 6.45) is 11.4. The summed E-state index contributed by atoms with van der Waals surface area (Å²) in [7, 11) is 1.64. The lowest BCUT2D eigenvalue weighted by Crippen LogP contribution is -2.33. The van der Waals surface area contributed by atoms with Gasteiger partial charge in [0.2, 0.25) is 0 Å². The Morgan fingerprint density at radius 3 is 2.88 bits per heavy atom. The third kappa shape index (κ3) is 4.66. The maximum atomic E-state index is 12.9. The van der Waals surface area contributed by atoms with Crippen molar-refractivity contribution in [3.8, 4) is 0 Å². The fourth-order valence-electron chi connectivity index (χ4n) is 3.32. The van der Waals surface area contributed by atoms with Crippen molar-refractivity contribution in [2.24, 2.45) is 0 Å². The van der Waals surface area contributed by atoms with E-state index in [1.165, 1.54) is 19.3 Å². The minimum absolute atomic E-state index is 0.0234. The van der Waals surface area contributed by atoms with Crippen molar-refractivity contribution in [1.82, 2.24) is 19.7 Å². The molecule has 1 aliphatic carbocycles. The second-order valence-corrected chi connectivity index (χ2v) is 6.54. The van der Waals surface area contributed by atoms with Crippen LogP contribution in [0.15, 0.2) is 36.8 Å². The number of nitrogens with zero attached hydrogens (tertiary/aromatic N) is 4. The molecule has 2 heterocycles. The fourth-order valence-corrected chi connectivity index (χ4v) is 3.32.